The lowest BCUT2D eigenvalue weighted by Crippen LogP contribution is -2.50. The zero-order valence-corrected chi connectivity index (χ0v) is 14.5. The molecule has 130 valence electrons. The van der Waals surface area contributed by atoms with Gasteiger partial charge in [-0.1, -0.05) is 12.1 Å². The number of carbonyl (C=O) groups is 1. The van der Waals surface area contributed by atoms with E-state index in [0.29, 0.717) is 13.1 Å². The van der Waals surface area contributed by atoms with Gasteiger partial charge in [0.1, 0.15) is 24.2 Å². The largest absolute Gasteiger partial charge is 0.336 e. The number of aryl methyl sites for hydroxylation is 2. The Kier molecular flexibility index (Phi) is 4.01. The molecule has 1 amide bonds. The van der Waals surface area contributed by atoms with Crippen molar-refractivity contribution in [1.29, 1.82) is 0 Å². The van der Waals surface area contributed by atoms with Gasteiger partial charge in [0.25, 0.3) is 0 Å². The van der Waals surface area contributed by atoms with E-state index in [9.17, 15) is 4.79 Å². The molecule has 0 saturated carbocycles. The zero-order chi connectivity index (χ0) is 17.4. The SMILES string of the molecule is Cc1nc2ccccc2n1CC(=O)N1CCNCC1c1nccn1C. The molecule has 1 atom stereocenters. The fraction of sp³-hybridized carbons (Fsp3) is 0.389. The highest BCUT2D eigenvalue weighted by Crippen LogP contribution is 2.22. The maximum Gasteiger partial charge on any atom is 0.243 e. The first kappa shape index (κ1) is 15.8. The van der Waals surface area contributed by atoms with Crippen molar-refractivity contribution in [2.45, 2.75) is 19.5 Å². The standard InChI is InChI=1S/C18H22N6O/c1-13-21-14-5-3-4-6-15(14)24(13)12-17(25)23-10-7-19-11-16(23)18-20-8-9-22(18)2/h3-6,8-9,16,19H,7,10-12H2,1-2H3. The molecule has 0 bridgehead atoms. The molecule has 1 unspecified atom stereocenters. The normalized spacial score (nSPS) is 18.0. The fourth-order valence-electron chi connectivity index (χ4n) is 3.55. The number of amides is 1. The van der Waals surface area contributed by atoms with E-state index in [1.807, 2.05) is 58.5 Å². The summed E-state index contributed by atoms with van der Waals surface area (Å²) in [5, 5.41) is 3.37. The molecule has 1 aliphatic rings. The lowest BCUT2D eigenvalue weighted by atomic mass is 10.1. The monoisotopic (exact) mass is 338 g/mol. The van der Waals surface area contributed by atoms with Crippen LogP contribution < -0.4 is 5.32 Å². The van der Waals surface area contributed by atoms with Crippen LogP contribution in [0.3, 0.4) is 0 Å². The highest BCUT2D eigenvalue weighted by Gasteiger charge is 2.30. The number of nitrogens with zero attached hydrogens (tertiary/aromatic N) is 5. The van der Waals surface area contributed by atoms with Crippen molar-refractivity contribution >= 4 is 16.9 Å². The number of para-hydroxylation sites is 2. The molecule has 1 saturated heterocycles. The average molecular weight is 338 g/mol. The van der Waals surface area contributed by atoms with Crippen molar-refractivity contribution in [3.05, 3.63) is 48.3 Å². The summed E-state index contributed by atoms with van der Waals surface area (Å²) in [6.07, 6.45) is 3.69. The number of imidazole rings is 2. The van der Waals surface area contributed by atoms with Crippen LogP contribution in [0.25, 0.3) is 11.0 Å². The highest BCUT2D eigenvalue weighted by atomic mass is 16.2. The number of benzene rings is 1. The molecular weight excluding hydrogens is 316 g/mol. The van der Waals surface area contributed by atoms with Crippen LogP contribution in [0.5, 0.6) is 0 Å². The van der Waals surface area contributed by atoms with Gasteiger partial charge in [-0.15, -0.1) is 0 Å². The topological polar surface area (TPSA) is 68.0 Å². The zero-order valence-electron chi connectivity index (χ0n) is 14.5. The molecule has 1 fully saturated rings. The molecule has 3 heterocycles. The van der Waals surface area contributed by atoms with Crippen LogP contribution in [-0.2, 0) is 18.4 Å². The van der Waals surface area contributed by atoms with Crippen LogP contribution in [0.4, 0.5) is 0 Å². The van der Waals surface area contributed by atoms with Gasteiger partial charge >= 0.3 is 0 Å². The second-order valence-electron chi connectivity index (χ2n) is 6.44. The summed E-state index contributed by atoms with van der Waals surface area (Å²) in [4.78, 5) is 24.0. The van der Waals surface area contributed by atoms with Crippen LogP contribution in [0.1, 0.15) is 17.7 Å². The second kappa shape index (κ2) is 6.33. The van der Waals surface area contributed by atoms with E-state index in [1.165, 1.54) is 0 Å². The van der Waals surface area contributed by atoms with Crippen LogP contribution in [0.15, 0.2) is 36.7 Å². The summed E-state index contributed by atoms with van der Waals surface area (Å²) in [6, 6.07) is 7.89. The van der Waals surface area contributed by atoms with Crippen molar-refractivity contribution in [2.75, 3.05) is 19.6 Å². The number of piperazine rings is 1. The van der Waals surface area contributed by atoms with Gasteiger partial charge in [-0.2, -0.15) is 0 Å². The molecule has 7 heteroatoms. The molecule has 1 aromatic carbocycles. The molecule has 1 N–H and O–H groups in total. The Bertz CT molecular complexity index is 911. The van der Waals surface area contributed by atoms with Crippen LogP contribution >= 0.6 is 0 Å². The van der Waals surface area contributed by atoms with Crippen molar-refractivity contribution in [3.8, 4) is 0 Å². The molecule has 0 spiro atoms. The molecule has 7 nitrogen and oxygen atoms in total. The van der Waals surface area contributed by atoms with Crippen LogP contribution in [0, 0.1) is 6.92 Å². The maximum atomic E-state index is 13.1. The van der Waals surface area contributed by atoms with E-state index in [1.54, 1.807) is 6.20 Å². The van der Waals surface area contributed by atoms with E-state index < -0.39 is 0 Å². The minimum atomic E-state index is -0.0451. The third-order valence-electron chi connectivity index (χ3n) is 4.86. The van der Waals surface area contributed by atoms with Crippen molar-refractivity contribution in [3.63, 3.8) is 0 Å². The summed E-state index contributed by atoms with van der Waals surface area (Å²) in [5.41, 5.74) is 1.92. The van der Waals surface area contributed by atoms with Crippen LogP contribution in [0.2, 0.25) is 0 Å². The summed E-state index contributed by atoms with van der Waals surface area (Å²) in [6.45, 7) is 4.45. The molecule has 25 heavy (non-hydrogen) atoms. The quantitative estimate of drug-likeness (QED) is 0.780. The van der Waals surface area contributed by atoms with E-state index in [2.05, 4.69) is 15.3 Å². The number of aromatic nitrogens is 4. The Morgan fingerprint density at radius 1 is 1.36 bits per heavy atom. The predicted molar refractivity (Wildman–Crippen MR) is 95.0 cm³/mol. The van der Waals surface area contributed by atoms with E-state index in [4.69, 9.17) is 0 Å². The Morgan fingerprint density at radius 2 is 2.20 bits per heavy atom. The first-order valence-electron chi connectivity index (χ1n) is 8.54. The Balaban J connectivity index is 1.62. The number of nitrogens with one attached hydrogen (secondary N) is 1. The van der Waals surface area contributed by atoms with Crippen molar-refractivity contribution in [1.82, 2.24) is 29.3 Å². The van der Waals surface area contributed by atoms with Gasteiger partial charge in [0.15, 0.2) is 0 Å². The van der Waals surface area contributed by atoms with Gasteiger partial charge in [-0.05, 0) is 19.1 Å². The van der Waals surface area contributed by atoms with Gasteiger partial charge < -0.3 is 19.4 Å². The third kappa shape index (κ3) is 2.80. The maximum absolute atomic E-state index is 13.1. The first-order chi connectivity index (χ1) is 12.1. The number of rotatable bonds is 3. The van der Waals surface area contributed by atoms with Gasteiger partial charge in [-0.3, -0.25) is 4.79 Å². The first-order valence-corrected chi connectivity index (χ1v) is 8.54. The predicted octanol–water partition coefficient (Wildman–Crippen LogP) is 1.25. The van der Waals surface area contributed by atoms with Gasteiger partial charge in [0, 0.05) is 39.1 Å². The minimum Gasteiger partial charge on any atom is -0.336 e. The van der Waals surface area contributed by atoms with E-state index in [-0.39, 0.29) is 11.9 Å². The molecule has 0 radical (unpaired) electrons. The summed E-state index contributed by atoms with van der Waals surface area (Å²) in [5.74, 6) is 1.87. The Hall–Kier alpha value is -2.67. The molecule has 2 aromatic heterocycles. The van der Waals surface area contributed by atoms with Crippen molar-refractivity contribution in [2.24, 2.45) is 7.05 Å². The minimum absolute atomic E-state index is 0.0451. The van der Waals surface area contributed by atoms with Crippen LogP contribution in [-0.4, -0.2) is 49.5 Å². The fourth-order valence-corrected chi connectivity index (χ4v) is 3.55. The molecular formula is C18H22N6O. The molecule has 0 aliphatic carbocycles. The number of hydrogen-bond donors (Lipinski definition) is 1. The summed E-state index contributed by atoms with van der Waals surface area (Å²) >= 11 is 0. The Morgan fingerprint density at radius 3 is 3.00 bits per heavy atom. The smallest absolute Gasteiger partial charge is 0.243 e. The highest BCUT2D eigenvalue weighted by molar-refractivity contribution is 5.81. The Labute approximate surface area is 146 Å². The number of fused-ring (bicyclic) bond motifs is 1. The lowest BCUT2D eigenvalue weighted by molar-refractivity contribution is -0.135. The third-order valence-corrected chi connectivity index (χ3v) is 4.86. The number of hydrogen-bond acceptors (Lipinski definition) is 4. The van der Waals surface area contributed by atoms with Gasteiger partial charge in [-0.25, -0.2) is 9.97 Å². The number of carbonyl (C=O) groups excluding carboxylic acids is 1. The van der Waals surface area contributed by atoms with E-state index >= 15 is 0 Å². The molecule has 1 aliphatic heterocycles. The molecule has 3 aromatic rings. The molecule has 4 rings (SSSR count). The second-order valence-corrected chi connectivity index (χ2v) is 6.44. The van der Waals surface area contributed by atoms with Gasteiger partial charge in [0.2, 0.25) is 5.91 Å². The summed E-state index contributed by atoms with van der Waals surface area (Å²) < 4.78 is 3.98. The average Bonchev–Trinajstić information content (AvgIpc) is 3.18. The van der Waals surface area contributed by atoms with Gasteiger partial charge in [0.05, 0.1) is 11.0 Å². The van der Waals surface area contributed by atoms with Crippen molar-refractivity contribution < 1.29 is 4.79 Å². The summed E-state index contributed by atoms with van der Waals surface area (Å²) in [7, 11) is 1.97. The lowest BCUT2D eigenvalue weighted by Gasteiger charge is -2.36. The van der Waals surface area contributed by atoms with E-state index in [0.717, 1.165) is 35.8 Å².